The standard InChI is InChI=1S/C40H44ClN2O6P/c1-39(17-8-18-39)24-42-37(45)35-30(41)13-7-14-31(35)43-36(44)29-21-33(34(50)22-32(29)47-3)49-27-15-19-40(2,20-16-27)38(46)48-23-26-11-6-10-25-9-4-5-12-28(25)26/h4-7,9-14,21-22,27H,8,15-20,23-24,50H2,1-3H3,(H,42,45)(H,43,44). The predicted octanol–water partition coefficient (Wildman–Crippen LogP) is 8.25. The molecule has 0 heterocycles. The second-order valence-electron chi connectivity index (χ2n) is 14.1. The summed E-state index contributed by atoms with van der Waals surface area (Å²) in [6.45, 7) is 4.89. The van der Waals surface area contributed by atoms with E-state index in [1.807, 2.05) is 37.3 Å². The van der Waals surface area contributed by atoms with Crippen LogP contribution in [0, 0.1) is 10.8 Å². The van der Waals surface area contributed by atoms with E-state index in [0.717, 1.165) is 40.9 Å². The van der Waals surface area contributed by atoms with Crippen molar-refractivity contribution in [3.63, 3.8) is 0 Å². The molecule has 4 aromatic rings. The molecule has 262 valence electrons. The Bertz CT molecular complexity index is 1910. The maximum Gasteiger partial charge on any atom is 0.312 e. The topological polar surface area (TPSA) is 103 Å². The molecule has 2 fully saturated rings. The van der Waals surface area contributed by atoms with Crippen LogP contribution in [0.25, 0.3) is 10.8 Å². The van der Waals surface area contributed by atoms with Gasteiger partial charge in [0.25, 0.3) is 11.8 Å². The molecule has 0 aliphatic heterocycles. The van der Waals surface area contributed by atoms with E-state index in [0.29, 0.717) is 49.4 Å². The molecule has 8 nitrogen and oxygen atoms in total. The number of anilines is 1. The molecule has 0 aromatic heterocycles. The number of halogens is 1. The lowest BCUT2D eigenvalue weighted by Gasteiger charge is -2.38. The average molecular weight is 715 g/mol. The first-order valence-corrected chi connectivity index (χ1v) is 18.1. The number of carbonyl (C=O) groups excluding carboxylic acids is 3. The van der Waals surface area contributed by atoms with Crippen molar-refractivity contribution in [2.75, 3.05) is 19.0 Å². The van der Waals surface area contributed by atoms with Gasteiger partial charge in [-0.1, -0.05) is 73.5 Å². The maximum absolute atomic E-state index is 13.7. The monoisotopic (exact) mass is 714 g/mol. The van der Waals surface area contributed by atoms with E-state index in [9.17, 15) is 14.4 Å². The first-order chi connectivity index (χ1) is 24.0. The van der Waals surface area contributed by atoms with Crippen LogP contribution in [0.5, 0.6) is 11.5 Å². The van der Waals surface area contributed by atoms with Crippen LogP contribution in [0.15, 0.2) is 72.8 Å². The molecular formula is C40H44ClN2O6P. The van der Waals surface area contributed by atoms with Crippen LogP contribution in [0.1, 0.15) is 85.1 Å². The molecule has 2 aliphatic carbocycles. The fourth-order valence-electron chi connectivity index (χ4n) is 6.88. The van der Waals surface area contributed by atoms with Gasteiger partial charge in [-0.2, -0.15) is 0 Å². The Balaban J connectivity index is 1.10. The molecule has 2 aliphatic rings. The number of hydrogen-bond acceptors (Lipinski definition) is 6. The van der Waals surface area contributed by atoms with E-state index in [2.05, 4.69) is 38.9 Å². The van der Waals surface area contributed by atoms with Gasteiger partial charge in [-0.3, -0.25) is 14.4 Å². The molecule has 2 amide bonds. The van der Waals surface area contributed by atoms with E-state index in [4.69, 9.17) is 25.8 Å². The summed E-state index contributed by atoms with van der Waals surface area (Å²) in [7, 11) is 4.14. The zero-order chi connectivity index (χ0) is 35.5. The SMILES string of the molecule is COc1cc(P)c(OC2CCC(C)(C(=O)OCc3cccc4ccccc34)CC2)cc1C(=O)Nc1cccc(Cl)c1C(=O)NCC1(C)CCC1. The van der Waals surface area contributed by atoms with Crippen LogP contribution >= 0.6 is 20.8 Å². The summed E-state index contributed by atoms with van der Waals surface area (Å²) in [4.78, 5) is 40.3. The quantitative estimate of drug-likeness (QED) is 0.120. The molecule has 0 radical (unpaired) electrons. The van der Waals surface area contributed by atoms with Crippen molar-refractivity contribution in [3.8, 4) is 11.5 Å². The number of ether oxygens (including phenoxy) is 3. The van der Waals surface area contributed by atoms with Crippen molar-refractivity contribution in [1.82, 2.24) is 5.32 Å². The minimum absolute atomic E-state index is 0.0857. The highest BCUT2D eigenvalue weighted by molar-refractivity contribution is 7.27. The van der Waals surface area contributed by atoms with Gasteiger partial charge in [0.15, 0.2) is 0 Å². The third-order valence-electron chi connectivity index (χ3n) is 10.4. The van der Waals surface area contributed by atoms with Gasteiger partial charge in [-0.25, -0.2) is 0 Å². The fourth-order valence-corrected chi connectivity index (χ4v) is 7.44. The molecule has 2 N–H and O–H groups in total. The zero-order valence-corrected chi connectivity index (χ0v) is 30.7. The van der Waals surface area contributed by atoms with Crippen molar-refractivity contribution in [2.45, 2.75) is 71.5 Å². The van der Waals surface area contributed by atoms with E-state index >= 15 is 0 Å². The summed E-state index contributed by atoms with van der Waals surface area (Å²) in [6.07, 6.45) is 5.65. The molecule has 0 spiro atoms. The van der Waals surface area contributed by atoms with Gasteiger partial charge < -0.3 is 24.8 Å². The number of esters is 1. The largest absolute Gasteiger partial charge is 0.496 e. The highest BCUT2D eigenvalue weighted by Crippen LogP contribution is 2.41. The van der Waals surface area contributed by atoms with Gasteiger partial charge in [0.1, 0.15) is 18.1 Å². The van der Waals surface area contributed by atoms with Crippen LogP contribution in [0.4, 0.5) is 5.69 Å². The Hall–Kier alpha value is -4.13. The number of fused-ring (bicyclic) bond motifs is 1. The average Bonchev–Trinajstić information content (AvgIpc) is 3.10. The van der Waals surface area contributed by atoms with Crippen LogP contribution in [0.2, 0.25) is 5.02 Å². The molecule has 1 atom stereocenters. The number of rotatable bonds is 11. The van der Waals surface area contributed by atoms with Gasteiger partial charge >= 0.3 is 5.97 Å². The van der Waals surface area contributed by atoms with Crippen LogP contribution in [-0.2, 0) is 16.1 Å². The summed E-state index contributed by atoms with van der Waals surface area (Å²) >= 11 is 6.48. The second kappa shape index (κ2) is 15.0. The Labute approximate surface area is 300 Å². The third-order valence-corrected chi connectivity index (χ3v) is 11.1. The molecule has 1 unspecified atom stereocenters. The lowest BCUT2D eigenvalue weighted by atomic mass is 9.70. The lowest BCUT2D eigenvalue weighted by molar-refractivity contribution is -0.159. The number of hydrogen-bond donors (Lipinski definition) is 2. The Morgan fingerprint density at radius 1 is 0.900 bits per heavy atom. The third kappa shape index (κ3) is 7.77. The molecule has 0 saturated heterocycles. The highest BCUT2D eigenvalue weighted by atomic mass is 35.5. The summed E-state index contributed by atoms with van der Waals surface area (Å²) in [6, 6.07) is 22.5. The van der Waals surface area contributed by atoms with Gasteiger partial charge in [0.2, 0.25) is 0 Å². The van der Waals surface area contributed by atoms with Crippen molar-refractivity contribution >= 4 is 60.4 Å². The second-order valence-corrected chi connectivity index (χ2v) is 15.2. The molecule has 4 aromatic carbocycles. The van der Waals surface area contributed by atoms with E-state index in [-0.39, 0.29) is 46.2 Å². The molecule has 0 bridgehead atoms. The van der Waals surface area contributed by atoms with Crippen molar-refractivity contribution < 1.29 is 28.6 Å². The molecule has 10 heteroatoms. The first kappa shape index (κ1) is 35.7. The van der Waals surface area contributed by atoms with Crippen molar-refractivity contribution in [3.05, 3.63) is 94.5 Å². The Morgan fingerprint density at radius 3 is 2.34 bits per heavy atom. The van der Waals surface area contributed by atoms with Gasteiger partial charge in [-0.05, 0) is 91.5 Å². The number of amides is 2. The van der Waals surface area contributed by atoms with Crippen molar-refractivity contribution in [1.29, 1.82) is 0 Å². The van der Waals surface area contributed by atoms with Crippen molar-refractivity contribution in [2.24, 2.45) is 10.8 Å². The van der Waals surface area contributed by atoms with Crippen LogP contribution in [-0.4, -0.2) is 37.5 Å². The predicted molar refractivity (Wildman–Crippen MR) is 201 cm³/mol. The van der Waals surface area contributed by atoms with Crippen LogP contribution in [0.3, 0.4) is 0 Å². The lowest BCUT2D eigenvalue weighted by Crippen LogP contribution is -2.40. The summed E-state index contributed by atoms with van der Waals surface area (Å²) < 4.78 is 17.9. The molecule has 50 heavy (non-hydrogen) atoms. The number of nitrogens with one attached hydrogen (secondary N) is 2. The van der Waals surface area contributed by atoms with Gasteiger partial charge in [0.05, 0.1) is 40.5 Å². The van der Waals surface area contributed by atoms with Gasteiger partial charge in [0, 0.05) is 11.8 Å². The first-order valence-electron chi connectivity index (χ1n) is 17.1. The minimum atomic E-state index is -0.615. The minimum Gasteiger partial charge on any atom is -0.496 e. The number of carbonyl (C=O) groups is 3. The number of benzene rings is 4. The Morgan fingerprint density at radius 2 is 1.62 bits per heavy atom. The highest BCUT2D eigenvalue weighted by Gasteiger charge is 2.40. The molecular weight excluding hydrogens is 671 g/mol. The summed E-state index contributed by atoms with van der Waals surface area (Å²) in [5, 5.41) is 9.05. The maximum atomic E-state index is 13.7. The summed E-state index contributed by atoms with van der Waals surface area (Å²) in [5.74, 6) is -0.131. The molecule has 6 rings (SSSR count). The van der Waals surface area contributed by atoms with E-state index in [1.54, 1.807) is 30.3 Å². The van der Waals surface area contributed by atoms with E-state index < -0.39 is 11.3 Å². The smallest absolute Gasteiger partial charge is 0.312 e. The number of methoxy groups -OCH3 is 1. The Kier molecular flexibility index (Phi) is 10.7. The fraction of sp³-hybridized carbons (Fsp3) is 0.375. The summed E-state index contributed by atoms with van der Waals surface area (Å²) in [5.41, 5.74) is 1.22. The van der Waals surface area contributed by atoms with Crippen LogP contribution < -0.4 is 25.4 Å². The van der Waals surface area contributed by atoms with Gasteiger partial charge in [-0.15, -0.1) is 9.24 Å². The van der Waals surface area contributed by atoms with E-state index in [1.165, 1.54) is 7.11 Å². The zero-order valence-electron chi connectivity index (χ0n) is 28.8. The normalized spacial score (nSPS) is 19.6. The molecule has 2 saturated carbocycles.